The van der Waals surface area contributed by atoms with E-state index in [4.69, 9.17) is 8.94 Å². The first-order valence-corrected chi connectivity index (χ1v) is 14.3. The molecule has 13 heteroatoms. The Kier molecular flexibility index (Phi) is 9.43. The van der Waals surface area contributed by atoms with Gasteiger partial charge in [-0.15, -0.1) is 0 Å². The number of benzene rings is 1. The first kappa shape index (κ1) is 30.1. The van der Waals surface area contributed by atoms with Crippen molar-refractivity contribution in [2.24, 2.45) is 5.92 Å². The standard InChI is InChI=1S/C31H33N7O6/c1-19(2)13-25-30-36-26(18-43-30)29(41)34-23(14-20-7-4-3-5-8-20)27(39)33-11-12-38(31(42)21-9-6-10-32-16-21)17-22-15-24(37-44-22)28(40)35-25/h3-10,15-16,18-19,23,25H,11-14,17H2,1-2H3,(H,33,39)(H,34,41)(H,35,40)/t23-,25+/m0/s1. The molecule has 0 unspecified atom stereocenters. The largest absolute Gasteiger partial charge is 0.446 e. The monoisotopic (exact) mass is 599 g/mol. The Labute approximate surface area is 253 Å². The third kappa shape index (κ3) is 7.54. The van der Waals surface area contributed by atoms with Crippen molar-refractivity contribution in [2.45, 2.75) is 45.3 Å². The van der Waals surface area contributed by atoms with Gasteiger partial charge >= 0.3 is 0 Å². The van der Waals surface area contributed by atoms with Crippen molar-refractivity contribution < 1.29 is 28.1 Å². The second-order valence-electron chi connectivity index (χ2n) is 10.9. The lowest BCUT2D eigenvalue weighted by Crippen LogP contribution is -2.49. The molecular formula is C31H33N7O6. The van der Waals surface area contributed by atoms with E-state index in [1.54, 1.807) is 18.3 Å². The second kappa shape index (κ2) is 13.8. The average molecular weight is 600 g/mol. The van der Waals surface area contributed by atoms with Crippen LogP contribution in [0.2, 0.25) is 0 Å². The zero-order chi connectivity index (χ0) is 31.1. The van der Waals surface area contributed by atoms with E-state index in [0.29, 0.717) is 12.0 Å². The number of nitrogens with zero attached hydrogens (tertiary/aromatic N) is 4. The van der Waals surface area contributed by atoms with Crippen LogP contribution < -0.4 is 16.0 Å². The summed E-state index contributed by atoms with van der Waals surface area (Å²) in [5.41, 5.74) is 1.15. The molecule has 1 aliphatic heterocycles. The highest BCUT2D eigenvalue weighted by Crippen LogP contribution is 2.22. The summed E-state index contributed by atoms with van der Waals surface area (Å²) in [6.07, 6.45) is 4.88. The van der Waals surface area contributed by atoms with Crippen LogP contribution >= 0.6 is 0 Å². The number of fused-ring (bicyclic) bond motifs is 4. The maximum Gasteiger partial charge on any atom is 0.274 e. The summed E-state index contributed by atoms with van der Waals surface area (Å²) in [7, 11) is 0. The van der Waals surface area contributed by atoms with Crippen LogP contribution in [0.5, 0.6) is 0 Å². The Morgan fingerprint density at radius 1 is 1.02 bits per heavy atom. The number of carbonyl (C=O) groups excluding carboxylic acids is 4. The van der Waals surface area contributed by atoms with Gasteiger partial charge in [0.25, 0.3) is 17.7 Å². The minimum atomic E-state index is -0.950. The Bertz CT molecular complexity index is 1600. The lowest BCUT2D eigenvalue weighted by molar-refractivity contribution is -0.123. The molecule has 0 saturated carbocycles. The van der Waals surface area contributed by atoms with Crippen LogP contribution in [0.3, 0.4) is 0 Å². The minimum absolute atomic E-state index is 0.00484. The molecule has 4 bridgehead atoms. The highest BCUT2D eigenvalue weighted by Gasteiger charge is 2.28. The molecule has 228 valence electrons. The number of hydrogen-bond donors (Lipinski definition) is 3. The molecule has 4 heterocycles. The van der Waals surface area contributed by atoms with Crippen LogP contribution in [0.4, 0.5) is 0 Å². The van der Waals surface area contributed by atoms with Crippen LogP contribution in [0.25, 0.3) is 0 Å². The quantitative estimate of drug-likeness (QED) is 0.312. The fraction of sp³-hybridized carbons (Fsp3) is 0.323. The van der Waals surface area contributed by atoms with Gasteiger partial charge in [0.1, 0.15) is 18.3 Å². The summed E-state index contributed by atoms with van der Waals surface area (Å²) in [4.78, 5) is 63.1. The molecule has 4 amide bonds. The van der Waals surface area contributed by atoms with Crippen LogP contribution in [0.1, 0.15) is 74.9 Å². The van der Waals surface area contributed by atoms with E-state index in [2.05, 4.69) is 31.1 Å². The number of amides is 4. The molecule has 1 aromatic carbocycles. The van der Waals surface area contributed by atoms with Crippen LogP contribution in [0.15, 0.2) is 76.1 Å². The summed E-state index contributed by atoms with van der Waals surface area (Å²) in [6.45, 7) is 4.09. The maximum atomic E-state index is 13.4. The van der Waals surface area contributed by atoms with E-state index >= 15 is 0 Å². The van der Waals surface area contributed by atoms with E-state index in [9.17, 15) is 19.2 Å². The maximum absolute atomic E-state index is 13.4. The molecule has 5 rings (SSSR count). The van der Waals surface area contributed by atoms with Crippen molar-refractivity contribution in [3.63, 3.8) is 0 Å². The number of hydrogen-bond acceptors (Lipinski definition) is 9. The molecule has 1 aliphatic rings. The van der Waals surface area contributed by atoms with Gasteiger partial charge in [-0.25, -0.2) is 4.98 Å². The van der Waals surface area contributed by atoms with Crippen LogP contribution in [-0.4, -0.2) is 62.8 Å². The Hall–Kier alpha value is -5.33. The zero-order valence-corrected chi connectivity index (χ0v) is 24.4. The topological polar surface area (TPSA) is 173 Å². The molecule has 4 aromatic rings. The number of pyridine rings is 1. The summed E-state index contributed by atoms with van der Waals surface area (Å²) in [5, 5.41) is 12.4. The predicted octanol–water partition coefficient (Wildman–Crippen LogP) is 2.69. The van der Waals surface area contributed by atoms with Gasteiger partial charge in [-0.3, -0.25) is 24.2 Å². The molecule has 3 aromatic heterocycles. The van der Waals surface area contributed by atoms with Crippen molar-refractivity contribution >= 4 is 23.6 Å². The lowest BCUT2D eigenvalue weighted by Gasteiger charge is -2.23. The number of oxazole rings is 1. The Morgan fingerprint density at radius 2 is 1.80 bits per heavy atom. The Balaban J connectivity index is 1.47. The zero-order valence-electron chi connectivity index (χ0n) is 24.4. The predicted molar refractivity (Wildman–Crippen MR) is 156 cm³/mol. The van der Waals surface area contributed by atoms with Gasteiger partial charge in [-0.1, -0.05) is 49.3 Å². The Morgan fingerprint density at radius 3 is 2.55 bits per heavy atom. The van der Waals surface area contributed by atoms with Gasteiger partial charge in [-0.2, -0.15) is 0 Å². The first-order chi connectivity index (χ1) is 21.3. The molecule has 44 heavy (non-hydrogen) atoms. The summed E-state index contributed by atoms with van der Waals surface area (Å²) < 4.78 is 11.1. The number of carbonyl (C=O) groups is 4. The fourth-order valence-corrected chi connectivity index (χ4v) is 4.81. The fourth-order valence-electron chi connectivity index (χ4n) is 4.81. The average Bonchev–Trinajstić information content (AvgIpc) is 3.71. The normalized spacial score (nSPS) is 18.2. The molecule has 3 N–H and O–H groups in total. The van der Waals surface area contributed by atoms with E-state index in [-0.39, 0.29) is 60.9 Å². The van der Waals surface area contributed by atoms with Gasteiger partial charge in [0.05, 0.1) is 12.1 Å². The van der Waals surface area contributed by atoms with Gasteiger partial charge in [-0.05, 0) is 30.0 Å². The smallest absolute Gasteiger partial charge is 0.274 e. The SMILES string of the molecule is CC(C)C[C@H]1NC(=O)c2cc(on2)CN(C(=O)c2cccnc2)CCNC(=O)[C@H](Cc2ccccc2)NC(=O)c2coc1n2. The van der Waals surface area contributed by atoms with Crippen molar-refractivity contribution in [2.75, 3.05) is 13.1 Å². The minimum Gasteiger partial charge on any atom is -0.446 e. The molecule has 0 aliphatic carbocycles. The third-order valence-corrected chi connectivity index (χ3v) is 6.98. The van der Waals surface area contributed by atoms with E-state index in [1.165, 1.54) is 23.4 Å². The lowest BCUT2D eigenvalue weighted by atomic mass is 10.0. The van der Waals surface area contributed by atoms with Gasteiger partial charge in [0.15, 0.2) is 17.1 Å². The van der Waals surface area contributed by atoms with E-state index in [1.807, 2.05) is 44.2 Å². The molecular weight excluding hydrogens is 566 g/mol. The van der Waals surface area contributed by atoms with Crippen molar-refractivity contribution in [3.05, 3.63) is 101 Å². The van der Waals surface area contributed by atoms with Gasteiger partial charge in [0.2, 0.25) is 11.8 Å². The van der Waals surface area contributed by atoms with Gasteiger partial charge in [0, 0.05) is 38.0 Å². The molecule has 0 fully saturated rings. The van der Waals surface area contributed by atoms with Gasteiger partial charge < -0.3 is 29.8 Å². The number of aromatic nitrogens is 3. The summed E-state index contributed by atoms with van der Waals surface area (Å²) in [5.74, 6) is -1.38. The molecule has 0 radical (unpaired) electrons. The number of rotatable bonds is 5. The van der Waals surface area contributed by atoms with E-state index < -0.39 is 29.8 Å². The third-order valence-electron chi connectivity index (χ3n) is 6.98. The molecule has 0 saturated heterocycles. The molecule has 13 nitrogen and oxygen atoms in total. The van der Waals surface area contributed by atoms with Crippen molar-refractivity contribution in [1.82, 2.24) is 36.0 Å². The van der Waals surface area contributed by atoms with Crippen molar-refractivity contribution in [3.8, 4) is 0 Å². The summed E-state index contributed by atoms with van der Waals surface area (Å²) >= 11 is 0. The van der Waals surface area contributed by atoms with Crippen LogP contribution in [0, 0.1) is 5.92 Å². The molecule has 2 atom stereocenters. The molecule has 0 spiro atoms. The highest BCUT2D eigenvalue weighted by atomic mass is 16.5. The first-order valence-electron chi connectivity index (χ1n) is 14.3. The van der Waals surface area contributed by atoms with E-state index in [0.717, 1.165) is 5.56 Å². The van der Waals surface area contributed by atoms with Crippen molar-refractivity contribution in [1.29, 1.82) is 0 Å². The summed E-state index contributed by atoms with van der Waals surface area (Å²) in [6, 6.07) is 12.4. The highest BCUT2D eigenvalue weighted by molar-refractivity contribution is 5.96. The second-order valence-corrected chi connectivity index (χ2v) is 10.9. The number of nitrogens with one attached hydrogen (secondary N) is 3. The van der Waals surface area contributed by atoms with Crippen LogP contribution in [-0.2, 0) is 17.8 Å².